The second-order valence-corrected chi connectivity index (χ2v) is 5.97. The number of para-hydroxylation sites is 1. The Morgan fingerprint density at radius 1 is 1.00 bits per heavy atom. The highest BCUT2D eigenvalue weighted by atomic mass is 32.2. The predicted molar refractivity (Wildman–Crippen MR) is 74.2 cm³/mol. The van der Waals surface area contributed by atoms with E-state index in [0.717, 1.165) is 12.1 Å². The van der Waals surface area contributed by atoms with Gasteiger partial charge in [0.15, 0.2) is 5.75 Å². The number of halogens is 3. The highest BCUT2D eigenvalue weighted by molar-refractivity contribution is 7.87. The van der Waals surface area contributed by atoms with Crippen LogP contribution in [0.15, 0.2) is 53.4 Å². The van der Waals surface area contributed by atoms with E-state index in [1.54, 1.807) is 0 Å². The summed E-state index contributed by atoms with van der Waals surface area (Å²) in [6.07, 6.45) is -4.58. The maximum absolute atomic E-state index is 12.5. The fourth-order valence-corrected chi connectivity index (χ4v) is 2.67. The predicted octanol–water partition coefficient (Wildman–Crippen LogP) is 2.57. The molecule has 0 spiro atoms. The standard InChI is InChI=1S/C14H10F3NO4S/c15-14(16,17)9-5-7-10(8-6-9)23(20,21)22-12-4-2-1-3-11(12)13(18)19/h1-8H,(H2,18,19). The molecule has 0 aromatic heterocycles. The third-order valence-corrected chi connectivity index (χ3v) is 4.07. The Labute approximate surface area is 129 Å². The van der Waals surface area contributed by atoms with Crippen molar-refractivity contribution in [2.45, 2.75) is 11.1 Å². The summed E-state index contributed by atoms with van der Waals surface area (Å²) in [5.41, 5.74) is 3.95. The Kier molecular flexibility index (Phi) is 4.33. The van der Waals surface area contributed by atoms with Crippen LogP contribution in [0.2, 0.25) is 0 Å². The Balaban J connectivity index is 2.35. The van der Waals surface area contributed by atoms with E-state index in [9.17, 15) is 26.4 Å². The second kappa shape index (κ2) is 5.92. The molecule has 2 aromatic carbocycles. The highest BCUT2D eigenvalue weighted by Gasteiger charge is 2.31. The minimum atomic E-state index is -4.58. The highest BCUT2D eigenvalue weighted by Crippen LogP contribution is 2.30. The fraction of sp³-hybridized carbons (Fsp3) is 0.0714. The number of benzene rings is 2. The average molecular weight is 345 g/mol. The van der Waals surface area contributed by atoms with Crippen molar-refractivity contribution < 1.29 is 30.6 Å². The summed E-state index contributed by atoms with van der Waals surface area (Å²) in [5.74, 6) is -1.21. The van der Waals surface area contributed by atoms with Crippen LogP contribution in [0.3, 0.4) is 0 Å². The fourth-order valence-electron chi connectivity index (χ4n) is 1.72. The monoisotopic (exact) mass is 345 g/mol. The number of hydrogen-bond acceptors (Lipinski definition) is 4. The molecule has 122 valence electrons. The van der Waals surface area contributed by atoms with Crippen molar-refractivity contribution in [2.24, 2.45) is 5.73 Å². The van der Waals surface area contributed by atoms with Crippen LogP contribution in [0, 0.1) is 0 Å². The minimum Gasteiger partial charge on any atom is -0.378 e. The third kappa shape index (κ3) is 3.81. The van der Waals surface area contributed by atoms with Crippen molar-refractivity contribution >= 4 is 16.0 Å². The Bertz CT molecular complexity index is 830. The molecule has 2 rings (SSSR count). The van der Waals surface area contributed by atoms with E-state index in [2.05, 4.69) is 0 Å². The Morgan fingerprint density at radius 2 is 1.57 bits per heavy atom. The molecule has 0 aliphatic heterocycles. The zero-order chi connectivity index (χ0) is 17.3. The molecule has 1 amide bonds. The summed E-state index contributed by atoms with van der Waals surface area (Å²) in [6.45, 7) is 0. The van der Waals surface area contributed by atoms with Gasteiger partial charge in [0, 0.05) is 0 Å². The SMILES string of the molecule is NC(=O)c1ccccc1OS(=O)(=O)c1ccc(C(F)(F)F)cc1. The zero-order valence-corrected chi connectivity index (χ0v) is 12.2. The van der Waals surface area contributed by atoms with E-state index >= 15 is 0 Å². The topological polar surface area (TPSA) is 86.5 Å². The maximum atomic E-state index is 12.5. The van der Waals surface area contributed by atoms with Gasteiger partial charge in [0.05, 0.1) is 11.1 Å². The third-order valence-electron chi connectivity index (χ3n) is 2.82. The van der Waals surface area contributed by atoms with Crippen LogP contribution in [-0.4, -0.2) is 14.3 Å². The first kappa shape index (κ1) is 16.8. The van der Waals surface area contributed by atoms with Gasteiger partial charge in [-0.15, -0.1) is 0 Å². The normalized spacial score (nSPS) is 12.0. The van der Waals surface area contributed by atoms with Crippen molar-refractivity contribution in [3.63, 3.8) is 0 Å². The van der Waals surface area contributed by atoms with Crippen LogP contribution in [0.4, 0.5) is 13.2 Å². The first-order valence-corrected chi connectivity index (χ1v) is 7.52. The smallest absolute Gasteiger partial charge is 0.378 e. The first-order chi connectivity index (χ1) is 10.6. The molecule has 0 aliphatic carbocycles. The molecule has 0 aliphatic rings. The summed E-state index contributed by atoms with van der Waals surface area (Å²) in [6, 6.07) is 8.13. The summed E-state index contributed by atoms with van der Waals surface area (Å²) >= 11 is 0. The van der Waals surface area contributed by atoms with Gasteiger partial charge in [0.2, 0.25) is 0 Å². The number of carbonyl (C=O) groups is 1. The van der Waals surface area contributed by atoms with Crippen LogP contribution in [0.25, 0.3) is 0 Å². The van der Waals surface area contributed by atoms with Gasteiger partial charge in [0.25, 0.3) is 5.91 Å². The van der Waals surface area contributed by atoms with Gasteiger partial charge < -0.3 is 9.92 Å². The number of primary amides is 1. The quantitative estimate of drug-likeness (QED) is 0.863. The molecular formula is C14H10F3NO4S. The van der Waals surface area contributed by atoms with E-state index in [4.69, 9.17) is 9.92 Å². The van der Waals surface area contributed by atoms with Crippen LogP contribution in [0.1, 0.15) is 15.9 Å². The van der Waals surface area contributed by atoms with Crippen molar-refractivity contribution in [1.29, 1.82) is 0 Å². The van der Waals surface area contributed by atoms with Crippen LogP contribution in [0.5, 0.6) is 5.75 Å². The van der Waals surface area contributed by atoms with Gasteiger partial charge in [-0.1, -0.05) is 12.1 Å². The van der Waals surface area contributed by atoms with E-state index in [1.165, 1.54) is 24.3 Å². The average Bonchev–Trinajstić information content (AvgIpc) is 2.46. The lowest BCUT2D eigenvalue weighted by molar-refractivity contribution is -0.137. The molecule has 2 N–H and O–H groups in total. The molecule has 0 atom stereocenters. The Morgan fingerprint density at radius 3 is 2.09 bits per heavy atom. The molecule has 2 aromatic rings. The van der Waals surface area contributed by atoms with Crippen molar-refractivity contribution in [3.05, 3.63) is 59.7 Å². The van der Waals surface area contributed by atoms with Gasteiger partial charge in [-0.25, -0.2) is 0 Å². The van der Waals surface area contributed by atoms with Crippen molar-refractivity contribution in [3.8, 4) is 5.75 Å². The van der Waals surface area contributed by atoms with Crippen LogP contribution >= 0.6 is 0 Å². The van der Waals surface area contributed by atoms with Gasteiger partial charge >= 0.3 is 16.3 Å². The molecule has 0 fully saturated rings. The van der Waals surface area contributed by atoms with E-state index in [1.807, 2.05) is 0 Å². The molecule has 5 nitrogen and oxygen atoms in total. The number of amides is 1. The molecule has 0 radical (unpaired) electrons. The molecule has 23 heavy (non-hydrogen) atoms. The van der Waals surface area contributed by atoms with E-state index in [0.29, 0.717) is 12.1 Å². The van der Waals surface area contributed by atoms with Gasteiger partial charge in [-0.2, -0.15) is 21.6 Å². The molecule has 0 bridgehead atoms. The minimum absolute atomic E-state index is 0.164. The number of hydrogen-bond donors (Lipinski definition) is 1. The summed E-state index contributed by atoms with van der Waals surface area (Å²) in [4.78, 5) is 10.7. The summed E-state index contributed by atoms with van der Waals surface area (Å²) in [5, 5.41) is 0. The van der Waals surface area contributed by atoms with Gasteiger partial charge in [0.1, 0.15) is 4.90 Å². The number of rotatable bonds is 4. The number of nitrogens with two attached hydrogens (primary N) is 1. The van der Waals surface area contributed by atoms with E-state index < -0.39 is 32.7 Å². The molecule has 0 heterocycles. The Hall–Kier alpha value is -2.55. The number of carbonyl (C=O) groups excluding carboxylic acids is 1. The van der Waals surface area contributed by atoms with Crippen LogP contribution < -0.4 is 9.92 Å². The second-order valence-electron chi connectivity index (χ2n) is 4.42. The molecule has 9 heteroatoms. The molecule has 0 saturated carbocycles. The van der Waals surface area contributed by atoms with Crippen LogP contribution in [-0.2, 0) is 16.3 Å². The van der Waals surface area contributed by atoms with E-state index in [-0.39, 0.29) is 11.3 Å². The van der Waals surface area contributed by atoms with Gasteiger partial charge in [-0.05, 0) is 36.4 Å². The molecular weight excluding hydrogens is 335 g/mol. The first-order valence-electron chi connectivity index (χ1n) is 6.12. The lowest BCUT2D eigenvalue weighted by Crippen LogP contribution is -2.16. The summed E-state index contributed by atoms with van der Waals surface area (Å²) < 4.78 is 66.4. The van der Waals surface area contributed by atoms with Crippen molar-refractivity contribution in [1.82, 2.24) is 0 Å². The molecule has 0 unspecified atom stereocenters. The lowest BCUT2D eigenvalue weighted by atomic mass is 10.2. The molecule has 0 saturated heterocycles. The summed E-state index contributed by atoms with van der Waals surface area (Å²) in [7, 11) is -4.41. The maximum Gasteiger partial charge on any atom is 0.416 e. The van der Waals surface area contributed by atoms with Gasteiger partial charge in [-0.3, -0.25) is 4.79 Å². The van der Waals surface area contributed by atoms with Crippen molar-refractivity contribution in [2.75, 3.05) is 0 Å². The number of alkyl halides is 3. The largest absolute Gasteiger partial charge is 0.416 e. The lowest BCUT2D eigenvalue weighted by Gasteiger charge is -2.11. The zero-order valence-electron chi connectivity index (χ0n) is 11.4.